The van der Waals surface area contributed by atoms with E-state index in [-0.39, 0.29) is 11.5 Å². The number of hydrogen-bond donors (Lipinski definition) is 2. The van der Waals surface area contributed by atoms with Gasteiger partial charge >= 0.3 is 0 Å². The normalized spacial score (nSPS) is 10.6. The van der Waals surface area contributed by atoms with Crippen molar-refractivity contribution in [3.8, 4) is 0 Å². The van der Waals surface area contributed by atoms with Crippen LogP contribution in [0, 0.1) is 0 Å². The molecule has 6 nitrogen and oxygen atoms in total. The molecule has 1 rings (SSSR count). The van der Waals surface area contributed by atoms with Crippen molar-refractivity contribution in [2.45, 2.75) is 6.92 Å². The predicted molar refractivity (Wildman–Crippen MR) is 51.8 cm³/mol. The molecule has 0 aromatic carbocycles. The molecule has 0 radical (unpaired) electrons. The summed E-state index contributed by atoms with van der Waals surface area (Å²) in [5.41, 5.74) is 5.06. The lowest BCUT2D eigenvalue weighted by molar-refractivity contribution is 0.963. The highest BCUT2D eigenvalue weighted by Crippen LogP contribution is 2.05. The van der Waals surface area contributed by atoms with Gasteiger partial charge in [-0.25, -0.2) is 0 Å². The fraction of sp³-hybridized carbons (Fsp3) is 0.286. The van der Waals surface area contributed by atoms with Crippen molar-refractivity contribution >= 4 is 18.0 Å². The van der Waals surface area contributed by atoms with Gasteiger partial charge in [-0.3, -0.25) is 14.8 Å². The number of H-pyrrole nitrogens is 1. The number of aromatic nitrogens is 2. The molecule has 0 atom stereocenters. The van der Waals surface area contributed by atoms with Gasteiger partial charge in [0.1, 0.15) is 0 Å². The molecule has 1 aromatic heterocycles. The molecular weight excluding hydrogens is 170 g/mol. The van der Waals surface area contributed by atoms with Crippen LogP contribution in [0.5, 0.6) is 0 Å². The Morgan fingerprint density at radius 1 is 1.77 bits per heavy atom. The number of nitrogens with one attached hydrogen (secondary N) is 1. The van der Waals surface area contributed by atoms with Crippen molar-refractivity contribution < 1.29 is 0 Å². The van der Waals surface area contributed by atoms with Crippen LogP contribution in [0.1, 0.15) is 6.92 Å². The summed E-state index contributed by atoms with van der Waals surface area (Å²) in [7, 11) is 1.68. The Kier molecular flexibility index (Phi) is 2.63. The maximum Gasteiger partial charge on any atom is 0.254 e. The van der Waals surface area contributed by atoms with E-state index >= 15 is 0 Å². The minimum absolute atomic E-state index is 0.0839. The molecule has 0 saturated heterocycles. The van der Waals surface area contributed by atoms with Gasteiger partial charge < -0.3 is 5.73 Å². The molecule has 1 aromatic rings. The van der Waals surface area contributed by atoms with Crippen LogP contribution in [0.4, 0.5) is 11.8 Å². The van der Waals surface area contributed by atoms with E-state index in [4.69, 9.17) is 5.73 Å². The van der Waals surface area contributed by atoms with E-state index in [9.17, 15) is 4.79 Å². The number of rotatable bonds is 2. The summed E-state index contributed by atoms with van der Waals surface area (Å²) in [6, 6.07) is 1.32. The summed E-state index contributed by atoms with van der Waals surface area (Å²) in [5.74, 6) is 0.500. The van der Waals surface area contributed by atoms with Gasteiger partial charge in [0.05, 0.1) is 0 Å². The van der Waals surface area contributed by atoms with Crippen molar-refractivity contribution in [3.05, 3.63) is 16.4 Å². The van der Waals surface area contributed by atoms with Crippen molar-refractivity contribution in [2.24, 2.45) is 5.10 Å². The third-order valence-corrected chi connectivity index (χ3v) is 1.37. The van der Waals surface area contributed by atoms with Crippen LogP contribution in [0.2, 0.25) is 0 Å². The van der Waals surface area contributed by atoms with E-state index in [0.717, 1.165) is 0 Å². The van der Waals surface area contributed by atoms with Crippen molar-refractivity contribution in [2.75, 3.05) is 17.8 Å². The summed E-state index contributed by atoms with van der Waals surface area (Å²) < 4.78 is 0. The molecule has 1 heterocycles. The van der Waals surface area contributed by atoms with Crippen molar-refractivity contribution in [3.63, 3.8) is 0 Å². The van der Waals surface area contributed by atoms with Crippen LogP contribution in [-0.4, -0.2) is 23.2 Å². The molecule has 0 bridgehead atoms. The third kappa shape index (κ3) is 2.29. The van der Waals surface area contributed by atoms with E-state index in [1.54, 1.807) is 20.2 Å². The molecule has 0 aliphatic heterocycles. The number of aromatic amines is 1. The fourth-order valence-electron chi connectivity index (χ4n) is 0.861. The molecule has 0 amide bonds. The Morgan fingerprint density at radius 3 is 3.00 bits per heavy atom. The van der Waals surface area contributed by atoms with Gasteiger partial charge in [0.25, 0.3) is 5.56 Å². The highest BCUT2D eigenvalue weighted by Gasteiger charge is 2.01. The number of nitrogens with two attached hydrogens (primary N) is 1. The maximum atomic E-state index is 11.0. The third-order valence-electron chi connectivity index (χ3n) is 1.37. The summed E-state index contributed by atoms with van der Waals surface area (Å²) >= 11 is 0. The number of anilines is 2. The molecule has 0 aliphatic rings. The molecule has 13 heavy (non-hydrogen) atoms. The second-order valence-corrected chi connectivity index (χ2v) is 2.39. The summed E-state index contributed by atoms with van der Waals surface area (Å²) in [5, 5.41) is 5.38. The predicted octanol–water partition coefficient (Wildman–Crippen LogP) is -0.206. The second-order valence-electron chi connectivity index (χ2n) is 2.39. The van der Waals surface area contributed by atoms with E-state index < -0.39 is 0 Å². The molecule has 6 heteroatoms. The quantitative estimate of drug-likeness (QED) is 0.488. The molecule has 70 valence electrons. The van der Waals surface area contributed by atoms with Gasteiger partial charge in [-0.1, -0.05) is 0 Å². The van der Waals surface area contributed by atoms with Crippen molar-refractivity contribution in [1.29, 1.82) is 0 Å². The minimum Gasteiger partial charge on any atom is -0.369 e. The van der Waals surface area contributed by atoms with E-state index in [2.05, 4.69) is 15.1 Å². The number of hydrazone groups is 1. The minimum atomic E-state index is -0.291. The zero-order valence-corrected chi connectivity index (χ0v) is 7.48. The van der Waals surface area contributed by atoms with E-state index in [1.807, 2.05) is 0 Å². The standard InChI is InChI=1S/C7H11N5O/c1-3-9-12(2)5-4-6(13)11-7(8)10-5/h3-4H,1-2H3,(H3,8,10,11,13)/b9-3+. The van der Waals surface area contributed by atoms with Gasteiger partial charge in [-0.2, -0.15) is 10.1 Å². The molecule has 3 N–H and O–H groups in total. The Balaban J connectivity index is 3.07. The first-order chi connectivity index (χ1) is 6.13. The molecular formula is C7H11N5O. The number of nitrogen functional groups attached to an aromatic ring is 1. The fourth-order valence-corrected chi connectivity index (χ4v) is 0.861. The first kappa shape index (κ1) is 9.24. The lowest BCUT2D eigenvalue weighted by Crippen LogP contribution is -2.17. The Bertz CT molecular complexity index is 369. The Morgan fingerprint density at radius 2 is 2.46 bits per heavy atom. The average molecular weight is 181 g/mol. The first-order valence-corrected chi connectivity index (χ1v) is 3.72. The summed E-state index contributed by atoms with van der Waals surface area (Å²) in [6.45, 7) is 1.77. The lowest BCUT2D eigenvalue weighted by atomic mass is 10.5. The highest BCUT2D eigenvalue weighted by molar-refractivity contribution is 5.56. The zero-order valence-electron chi connectivity index (χ0n) is 7.48. The van der Waals surface area contributed by atoms with Crippen LogP contribution >= 0.6 is 0 Å². The zero-order chi connectivity index (χ0) is 9.84. The van der Waals surface area contributed by atoms with Gasteiger partial charge in [0, 0.05) is 19.3 Å². The van der Waals surface area contributed by atoms with Gasteiger partial charge in [0.2, 0.25) is 5.95 Å². The monoisotopic (exact) mass is 181 g/mol. The molecule has 0 aliphatic carbocycles. The Labute approximate surface area is 75.1 Å². The smallest absolute Gasteiger partial charge is 0.254 e. The molecule has 0 unspecified atom stereocenters. The SMILES string of the molecule is C/C=N/N(C)c1cc(=O)[nH]c(N)n1. The van der Waals surface area contributed by atoms with Crippen LogP contribution < -0.4 is 16.3 Å². The molecule has 0 saturated carbocycles. The van der Waals surface area contributed by atoms with Gasteiger partial charge in [0.15, 0.2) is 5.82 Å². The van der Waals surface area contributed by atoms with Crippen LogP contribution in [0.15, 0.2) is 16.0 Å². The average Bonchev–Trinajstić information content (AvgIpc) is 2.03. The van der Waals surface area contributed by atoms with Crippen LogP contribution in [0.25, 0.3) is 0 Å². The summed E-state index contributed by atoms with van der Waals surface area (Å²) in [4.78, 5) is 17.2. The van der Waals surface area contributed by atoms with Gasteiger partial charge in [-0.15, -0.1) is 0 Å². The summed E-state index contributed by atoms with van der Waals surface area (Å²) in [6.07, 6.45) is 1.60. The van der Waals surface area contributed by atoms with E-state index in [0.29, 0.717) is 5.82 Å². The largest absolute Gasteiger partial charge is 0.369 e. The van der Waals surface area contributed by atoms with Gasteiger partial charge in [-0.05, 0) is 6.92 Å². The van der Waals surface area contributed by atoms with Crippen LogP contribution in [0.3, 0.4) is 0 Å². The van der Waals surface area contributed by atoms with E-state index in [1.165, 1.54) is 11.1 Å². The van der Waals surface area contributed by atoms with Crippen LogP contribution in [-0.2, 0) is 0 Å². The maximum absolute atomic E-state index is 11.0. The lowest BCUT2D eigenvalue weighted by Gasteiger charge is -2.10. The second kappa shape index (κ2) is 3.70. The number of hydrogen-bond acceptors (Lipinski definition) is 5. The molecule has 0 spiro atoms. The van der Waals surface area contributed by atoms with Crippen molar-refractivity contribution in [1.82, 2.24) is 9.97 Å². The topological polar surface area (TPSA) is 87.4 Å². The highest BCUT2D eigenvalue weighted by atomic mass is 16.1. The Hall–Kier alpha value is -1.85. The first-order valence-electron chi connectivity index (χ1n) is 3.72. The molecule has 0 fully saturated rings. The number of nitrogens with zero attached hydrogens (tertiary/aromatic N) is 3.